The van der Waals surface area contributed by atoms with Crippen LogP contribution in [0.5, 0.6) is 23.0 Å². The molecule has 20 heteroatoms. The van der Waals surface area contributed by atoms with E-state index in [2.05, 4.69) is 153 Å². The van der Waals surface area contributed by atoms with Crippen molar-refractivity contribution >= 4 is 138 Å². The maximum atomic E-state index is 18.2. The Balaban J connectivity index is 1.06. The zero-order valence-electron chi connectivity index (χ0n) is 87.9. The van der Waals surface area contributed by atoms with Gasteiger partial charge in [-0.05, 0) is 159 Å². The first kappa shape index (κ1) is 111. The molecule has 0 radical (unpaired) electrons. The predicted molar refractivity (Wildman–Crippen MR) is 605 cm³/mol. The fourth-order valence-electron chi connectivity index (χ4n) is 21.6. The number of unbranched alkanes of at least 4 members (excludes halogenated alkanes) is 22. The molecule has 4 aromatic carbocycles. The maximum absolute atomic E-state index is 18.2. The van der Waals surface area contributed by atoms with Crippen molar-refractivity contribution in [3.05, 3.63) is 95.8 Å². The van der Waals surface area contributed by atoms with Gasteiger partial charge in [0.25, 0.3) is 0 Å². The summed E-state index contributed by atoms with van der Waals surface area (Å²) >= 11 is 9.34. The van der Waals surface area contributed by atoms with E-state index in [1.165, 1.54) is 253 Å². The fraction of sp³-hybridized carbons (Fsp3) is 0.627. The van der Waals surface area contributed by atoms with Crippen LogP contribution >= 0.6 is 68.8 Å². The van der Waals surface area contributed by atoms with E-state index >= 15 is 8.78 Å². The summed E-state index contributed by atoms with van der Waals surface area (Å²) in [6.45, 7) is 38.8. The summed E-state index contributed by atoms with van der Waals surface area (Å²) in [6.07, 6.45) is 51.1. The van der Waals surface area contributed by atoms with Gasteiger partial charge >= 0.3 is 0 Å². The molecule has 4 atom stereocenters. The van der Waals surface area contributed by atoms with Crippen molar-refractivity contribution in [3.8, 4) is 97.0 Å². The molecule has 0 saturated heterocycles. The number of benzene rings is 4. The summed E-state index contributed by atoms with van der Waals surface area (Å²) in [6, 6.07) is 34.1. The minimum Gasteiger partial charge on any atom is -0.489 e. The zero-order chi connectivity index (χ0) is 97.8. The highest BCUT2D eigenvalue weighted by Crippen LogP contribution is 2.58. The van der Waals surface area contributed by atoms with Gasteiger partial charge in [-0.2, -0.15) is 17.5 Å². The summed E-state index contributed by atoms with van der Waals surface area (Å²) in [7, 11) is -3.95. The maximum Gasteiger partial charge on any atom is 0.175 e. The topological polar surface area (TPSA) is 115 Å². The summed E-state index contributed by atoms with van der Waals surface area (Å²) in [5, 5.41) is 2.10. The third-order valence-electron chi connectivity index (χ3n) is 30.0. The van der Waals surface area contributed by atoms with Crippen LogP contribution in [-0.4, -0.2) is 60.1 Å². The van der Waals surface area contributed by atoms with E-state index in [1.807, 2.05) is 40.9 Å². The highest BCUT2D eigenvalue weighted by molar-refractivity contribution is 7.30. The SMILES string of the molecule is CCCCCCC(CCCC)COc1c(OCC(CCCC)CCCCCC)c(-c2ccc(-c3ccc(-c4ccc(-c5c(OCC(CCCC)CCCCCC)c(OCC(CCCC)CCCCCC)c(-c6cc7c(-c8ccc([Si](CCCC)(CCCC)CCCC)s8)c8oc(C)cc8c(-c8ccc([Si](CCCC)(CCCC)CCCC)s8)c7o6)c6nsnc56)s4)c(F)c3F)s2)c2nsnc2c1C. The van der Waals surface area contributed by atoms with Crippen LogP contribution in [0.4, 0.5) is 8.78 Å². The summed E-state index contributed by atoms with van der Waals surface area (Å²) in [5.41, 5.74) is 10.3. The van der Waals surface area contributed by atoms with Crippen LogP contribution in [0.1, 0.15) is 391 Å². The van der Waals surface area contributed by atoms with Crippen molar-refractivity contribution in [2.24, 2.45) is 23.7 Å². The Morgan fingerprint density at radius 1 is 0.290 bits per heavy atom. The molecule has 4 unspecified atom stereocenters. The van der Waals surface area contributed by atoms with Crippen LogP contribution in [0.25, 0.3) is 118 Å². The van der Waals surface area contributed by atoms with Gasteiger partial charge in [-0.3, -0.25) is 0 Å². The van der Waals surface area contributed by atoms with Crippen molar-refractivity contribution in [1.82, 2.24) is 17.5 Å². The fourth-order valence-corrected chi connectivity index (χ4v) is 40.7. The van der Waals surface area contributed by atoms with Crippen molar-refractivity contribution in [2.45, 2.75) is 430 Å². The average Bonchev–Trinajstić information content (AvgIpc) is 1.55. The number of thiophene rings is 4. The number of aryl methyl sites for hydroxylation is 2. The number of halogens is 2. The number of nitrogens with zero attached hydrogens (tertiary/aromatic N) is 4. The van der Waals surface area contributed by atoms with E-state index in [9.17, 15) is 0 Å². The lowest BCUT2D eigenvalue weighted by Gasteiger charge is -2.31. The number of ether oxygens (including phenoxy) is 4. The molecule has 0 aliphatic rings. The van der Waals surface area contributed by atoms with E-state index in [0.717, 1.165) is 210 Å². The van der Waals surface area contributed by atoms with Gasteiger partial charge in [0.1, 0.15) is 44.8 Å². The number of rotatable bonds is 71. The van der Waals surface area contributed by atoms with Crippen LogP contribution in [0.15, 0.2) is 81.6 Å². The van der Waals surface area contributed by atoms with Gasteiger partial charge in [0.15, 0.2) is 34.6 Å². The van der Waals surface area contributed by atoms with E-state index in [-0.39, 0.29) is 23.0 Å². The van der Waals surface area contributed by atoms with Crippen LogP contribution in [0.3, 0.4) is 0 Å². The molecule has 0 bridgehead atoms. The Bertz CT molecular complexity index is 5440. The van der Waals surface area contributed by atoms with Gasteiger partial charge in [0.05, 0.1) is 82.7 Å². The van der Waals surface area contributed by atoms with Crippen molar-refractivity contribution in [3.63, 3.8) is 0 Å². The van der Waals surface area contributed by atoms with Gasteiger partial charge in [-0.15, -0.1) is 45.3 Å². The normalized spacial score (nSPS) is 13.1. The highest BCUT2D eigenvalue weighted by Gasteiger charge is 2.40. The minimum atomic E-state index is -1.97. The molecular weight excluding hydrogens is 1860 g/mol. The molecule has 0 N–H and O–H groups in total. The number of hydrogen-bond donors (Lipinski definition) is 0. The molecule has 0 aliphatic heterocycles. The van der Waals surface area contributed by atoms with Crippen LogP contribution in [0.2, 0.25) is 36.3 Å². The molecule has 758 valence electrons. The first-order chi connectivity index (χ1) is 67.5. The van der Waals surface area contributed by atoms with E-state index in [1.54, 1.807) is 21.1 Å². The van der Waals surface area contributed by atoms with Gasteiger partial charge in [0, 0.05) is 67.9 Å². The number of furan rings is 2. The smallest absolute Gasteiger partial charge is 0.175 e. The van der Waals surface area contributed by atoms with E-state index in [0.29, 0.717) is 82.1 Å². The average molecular weight is 2030 g/mol. The Kier molecular flexibility index (Phi) is 46.2. The molecule has 12 aromatic rings. The number of hydrogen-bond acceptors (Lipinski definition) is 16. The quantitative estimate of drug-likeness (QED) is 0.0270. The van der Waals surface area contributed by atoms with Gasteiger partial charge in [-0.1, -0.05) is 376 Å². The molecule has 0 spiro atoms. The first-order valence-corrected chi connectivity index (χ1v) is 65.5. The second kappa shape index (κ2) is 57.6. The molecule has 8 aromatic heterocycles. The monoisotopic (exact) mass is 2030 g/mol. The number of fused-ring (bicyclic) bond motifs is 4. The summed E-state index contributed by atoms with van der Waals surface area (Å²) in [4.78, 5) is 5.26. The molecule has 0 fully saturated rings. The van der Waals surface area contributed by atoms with Gasteiger partial charge < -0.3 is 27.8 Å². The van der Waals surface area contributed by atoms with Crippen molar-refractivity contribution in [1.29, 1.82) is 0 Å². The summed E-state index contributed by atoms with van der Waals surface area (Å²) in [5.74, 6) is 3.59. The van der Waals surface area contributed by atoms with Crippen molar-refractivity contribution in [2.75, 3.05) is 26.4 Å². The Morgan fingerprint density at radius 3 is 0.949 bits per heavy atom. The molecule has 138 heavy (non-hydrogen) atoms. The zero-order valence-corrected chi connectivity index (χ0v) is 94.8. The van der Waals surface area contributed by atoms with Gasteiger partial charge in [0.2, 0.25) is 0 Å². The highest BCUT2D eigenvalue weighted by atomic mass is 32.1. The van der Waals surface area contributed by atoms with Gasteiger partial charge in [-0.25, -0.2) is 8.78 Å². The molecule has 0 amide bonds. The van der Waals surface area contributed by atoms with Crippen LogP contribution in [-0.2, 0) is 0 Å². The minimum absolute atomic E-state index is 0.180. The second-order valence-electron chi connectivity index (χ2n) is 41.0. The third kappa shape index (κ3) is 28.1. The Morgan fingerprint density at radius 2 is 0.580 bits per heavy atom. The third-order valence-corrected chi connectivity index (χ3v) is 48.7. The Labute approximate surface area is 857 Å². The largest absolute Gasteiger partial charge is 0.489 e. The van der Waals surface area contributed by atoms with E-state index in [4.69, 9.17) is 45.3 Å². The lowest BCUT2D eigenvalue weighted by atomic mass is 9.95. The van der Waals surface area contributed by atoms with E-state index < -0.39 is 27.8 Å². The molecule has 0 saturated carbocycles. The first-order valence-electron chi connectivity index (χ1n) is 55.6. The lowest BCUT2D eigenvalue weighted by molar-refractivity contribution is 0.193. The molecule has 0 aliphatic carbocycles. The summed E-state index contributed by atoms with van der Waals surface area (Å²) < 4.78 is 106. The molecule has 10 nitrogen and oxygen atoms in total. The van der Waals surface area contributed by atoms with Crippen molar-refractivity contribution < 1.29 is 36.6 Å². The number of aromatic nitrogens is 4. The second-order valence-corrected chi connectivity index (χ2v) is 56.3. The molecule has 12 rings (SSSR count). The molecule has 8 heterocycles. The van der Waals surface area contributed by atoms with Crippen LogP contribution in [0, 0.1) is 49.2 Å². The standard InChI is InChI=1S/C118H172F2N4O6S6Si2/c1-17-31-45-49-57-85(53-35-21-5)79-125-113-84(16)109-111(123-135-121-109)105(117(113)127-81-87(55-37-23-7)59-51-47-33-19-3)98-65-63-94(131-98)89-61-62-90(108(120)107(89)119)95-64-66-99(132-95)106-112-110(122-136-124-112)104(116(126-80-86(54-36-22-6)58-50-46-32-18-2)118(106)128-82-88(56-38-24-8)60-52-48-34-20-4)93-78-92-103(97-68-70-101(134-97)138(74-42-28-12,75-43-29-13)76-44-30-14)114-91(77-83(15)129-114)102(115(92)130-93)96-67-69-100(133-96)137(71-39-25-9,72-40-26-10)73-41-27-11/h61-70,77-78,85-88H,17-60,71-76,79-82H2,1-16H3. The molecular formula is C118H172F2N4O6S6Si2. The lowest BCUT2D eigenvalue weighted by Crippen LogP contribution is -2.45. The Hall–Kier alpha value is -6.11. The predicted octanol–water partition coefficient (Wildman–Crippen LogP) is 40.7. The van der Waals surface area contributed by atoms with Crippen LogP contribution < -0.4 is 27.9 Å².